The molecule has 0 bridgehead atoms. The highest BCUT2D eigenvalue weighted by molar-refractivity contribution is 5.88. The lowest BCUT2D eigenvalue weighted by Crippen LogP contribution is -2.48. The number of nitrogens with one attached hydrogen (secondary N) is 2. The number of hydrogen-bond acceptors (Lipinski definition) is 5. The van der Waals surface area contributed by atoms with E-state index in [1.165, 1.54) is 13.8 Å². The summed E-state index contributed by atoms with van der Waals surface area (Å²) in [6.07, 6.45) is 0.164. The molecular formula is C17H29N3O7. The van der Waals surface area contributed by atoms with Gasteiger partial charge in [0.15, 0.2) is 0 Å². The van der Waals surface area contributed by atoms with Crippen LogP contribution in [0.15, 0.2) is 0 Å². The van der Waals surface area contributed by atoms with Gasteiger partial charge in [0.2, 0.25) is 17.7 Å². The molecule has 6 N–H and O–H groups in total. The van der Waals surface area contributed by atoms with Gasteiger partial charge in [-0.05, 0) is 33.1 Å². The second-order valence-corrected chi connectivity index (χ2v) is 7.75. The van der Waals surface area contributed by atoms with E-state index in [1.807, 2.05) is 0 Å². The van der Waals surface area contributed by atoms with Gasteiger partial charge in [0.1, 0.15) is 6.04 Å². The zero-order valence-electron chi connectivity index (χ0n) is 16.1. The molecule has 0 aliphatic heterocycles. The van der Waals surface area contributed by atoms with Crippen LogP contribution in [0.1, 0.15) is 53.4 Å². The quantitative estimate of drug-likeness (QED) is 0.309. The maximum absolute atomic E-state index is 12.5. The van der Waals surface area contributed by atoms with E-state index in [9.17, 15) is 34.2 Å². The molecule has 10 nitrogen and oxygen atoms in total. The molecule has 154 valence electrons. The van der Waals surface area contributed by atoms with E-state index in [1.54, 1.807) is 13.8 Å². The average molecular weight is 387 g/mol. The summed E-state index contributed by atoms with van der Waals surface area (Å²) >= 11 is 0. The lowest BCUT2D eigenvalue weighted by atomic mass is 9.74. The molecule has 1 unspecified atom stereocenters. The molecule has 0 aromatic carbocycles. The first-order valence-electron chi connectivity index (χ1n) is 8.51. The normalized spacial score (nSPS) is 12.7. The lowest BCUT2D eigenvalue weighted by molar-refractivity contribution is -0.151. The summed E-state index contributed by atoms with van der Waals surface area (Å²) in [7, 11) is 0. The molecule has 0 rings (SSSR count). The Morgan fingerprint density at radius 2 is 1.56 bits per heavy atom. The van der Waals surface area contributed by atoms with Gasteiger partial charge in [-0.2, -0.15) is 0 Å². The Balaban J connectivity index is 4.74. The van der Waals surface area contributed by atoms with Crippen molar-refractivity contribution in [3.8, 4) is 0 Å². The van der Waals surface area contributed by atoms with E-state index in [2.05, 4.69) is 10.6 Å². The number of carbonyl (C=O) groups excluding carboxylic acids is 3. The summed E-state index contributed by atoms with van der Waals surface area (Å²) in [6.45, 7) is 5.77. The largest absolute Gasteiger partial charge is 0.481 e. The Kier molecular flexibility index (Phi) is 8.92. The van der Waals surface area contributed by atoms with Crippen LogP contribution in [0.3, 0.4) is 0 Å². The predicted molar refractivity (Wildman–Crippen MR) is 95.4 cm³/mol. The topological polar surface area (TPSA) is 176 Å². The molecule has 27 heavy (non-hydrogen) atoms. The van der Waals surface area contributed by atoms with Gasteiger partial charge < -0.3 is 26.6 Å². The van der Waals surface area contributed by atoms with Crippen molar-refractivity contribution in [3.05, 3.63) is 0 Å². The lowest BCUT2D eigenvalue weighted by Gasteiger charge is -2.32. The van der Waals surface area contributed by atoms with E-state index >= 15 is 0 Å². The first kappa shape index (κ1) is 24.4. The number of carbonyl (C=O) groups is 5. The van der Waals surface area contributed by atoms with Crippen molar-refractivity contribution in [1.82, 2.24) is 10.6 Å². The van der Waals surface area contributed by atoms with Crippen LogP contribution >= 0.6 is 0 Å². The maximum atomic E-state index is 12.5. The second kappa shape index (κ2) is 9.89. The monoisotopic (exact) mass is 387 g/mol. The zero-order valence-corrected chi connectivity index (χ0v) is 16.1. The highest BCUT2D eigenvalue weighted by Gasteiger charge is 2.40. The Bertz CT molecular complexity index is 599. The van der Waals surface area contributed by atoms with Crippen molar-refractivity contribution < 1.29 is 34.2 Å². The Labute approximate surface area is 157 Å². The molecule has 0 aromatic heterocycles. The van der Waals surface area contributed by atoms with Crippen LogP contribution in [0.5, 0.6) is 0 Å². The van der Waals surface area contributed by atoms with Gasteiger partial charge in [-0.3, -0.25) is 19.2 Å². The van der Waals surface area contributed by atoms with Crippen LogP contribution in [0, 0.1) is 10.8 Å². The van der Waals surface area contributed by atoms with Crippen molar-refractivity contribution in [2.45, 2.75) is 59.4 Å². The summed E-state index contributed by atoms with van der Waals surface area (Å²) in [5.74, 6) is -4.03. The fourth-order valence-electron chi connectivity index (χ4n) is 2.61. The third-order valence-corrected chi connectivity index (χ3v) is 4.04. The molecule has 0 fully saturated rings. The van der Waals surface area contributed by atoms with E-state index in [-0.39, 0.29) is 32.2 Å². The second-order valence-electron chi connectivity index (χ2n) is 7.75. The molecule has 0 saturated heterocycles. The van der Waals surface area contributed by atoms with Gasteiger partial charge in [0.25, 0.3) is 0 Å². The van der Waals surface area contributed by atoms with Crippen molar-refractivity contribution in [2.24, 2.45) is 16.6 Å². The molecular weight excluding hydrogens is 358 g/mol. The summed E-state index contributed by atoms with van der Waals surface area (Å²) < 4.78 is 0. The summed E-state index contributed by atoms with van der Waals surface area (Å²) in [5, 5.41) is 23.2. The smallest absolute Gasteiger partial charge is 0.326 e. The molecule has 0 heterocycles. The number of rotatable bonds is 12. The van der Waals surface area contributed by atoms with Gasteiger partial charge >= 0.3 is 11.9 Å². The number of carboxylic acid groups (broad SMARTS) is 2. The SMILES string of the molecule is CC(C)(CC(C)(C)C(=O)NC(CCCC(=O)NCC(N)=O)C(=O)O)C(=O)O. The van der Waals surface area contributed by atoms with Crippen LogP contribution in [0.4, 0.5) is 0 Å². The first-order chi connectivity index (χ1) is 12.2. The fraction of sp³-hybridized carbons (Fsp3) is 0.706. The number of hydrogen-bond donors (Lipinski definition) is 5. The number of primary amides is 1. The molecule has 0 aromatic rings. The number of aliphatic carboxylic acids is 2. The minimum absolute atomic E-state index is 0.00344. The standard InChI is InChI=1S/C17H29N3O7/c1-16(2,9-17(3,4)15(26)27)14(25)20-10(13(23)24)6-5-7-12(22)19-8-11(18)21/h10H,5-9H2,1-4H3,(H2,18,21)(H,19,22)(H,20,25)(H,23,24)(H,26,27). The van der Waals surface area contributed by atoms with E-state index in [0.29, 0.717) is 0 Å². The summed E-state index contributed by atoms with van der Waals surface area (Å²) in [4.78, 5) is 57.2. The molecule has 0 saturated carbocycles. The molecule has 0 spiro atoms. The van der Waals surface area contributed by atoms with Gasteiger partial charge in [-0.25, -0.2) is 4.79 Å². The van der Waals surface area contributed by atoms with Gasteiger partial charge in [0, 0.05) is 11.8 Å². The number of carboxylic acids is 2. The third kappa shape index (κ3) is 9.02. The van der Waals surface area contributed by atoms with Gasteiger partial charge in [-0.15, -0.1) is 0 Å². The first-order valence-corrected chi connectivity index (χ1v) is 8.51. The van der Waals surface area contributed by atoms with Crippen molar-refractivity contribution in [3.63, 3.8) is 0 Å². The minimum atomic E-state index is -1.26. The molecule has 0 radical (unpaired) electrons. The molecule has 1 atom stereocenters. The summed E-state index contributed by atoms with van der Waals surface area (Å²) in [5.41, 5.74) is 2.64. The maximum Gasteiger partial charge on any atom is 0.326 e. The molecule has 0 aliphatic rings. The third-order valence-electron chi connectivity index (χ3n) is 4.04. The van der Waals surface area contributed by atoms with Gasteiger partial charge in [0.05, 0.1) is 12.0 Å². The number of amides is 3. The zero-order chi connectivity index (χ0) is 21.4. The summed E-state index contributed by atoms with van der Waals surface area (Å²) in [6, 6.07) is -1.21. The van der Waals surface area contributed by atoms with E-state index in [4.69, 9.17) is 5.73 Å². The minimum Gasteiger partial charge on any atom is -0.481 e. The van der Waals surface area contributed by atoms with E-state index < -0.39 is 46.5 Å². The Morgan fingerprint density at radius 3 is 2.00 bits per heavy atom. The fourth-order valence-corrected chi connectivity index (χ4v) is 2.61. The Morgan fingerprint density at radius 1 is 1.00 bits per heavy atom. The molecule has 10 heteroatoms. The van der Waals surface area contributed by atoms with Gasteiger partial charge in [-0.1, -0.05) is 13.8 Å². The average Bonchev–Trinajstić information content (AvgIpc) is 2.50. The highest BCUT2D eigenvalue weighted by atomic mass is 16.4. The van der Waals surface area contributed by atoms with E-state index in [0.717, 1.165) is 0 Å². The molecule has 3 amide bonds. The highest BCUT2D eigenvalue weighted by Crippen LogP contribution is 2.34. The van der Waals surface area contributed by atoms with Crippen LogP contribution in [0.2, 0.25) is 0 Å². The molecule has 0 aliphatic carbocycles. The predicted octanol–water partition coefficient (Wildman–Crippen LogP) is -0.145. The van der Waals surface area contributed by atoms with Crippen molar-refractivity contribution in [1.29, 1.82) is 0 Å². The van der Waals surface area contributed by atoms with Crippen molar-refractivity contribution >= 4 is 29.7 Å². The van der Waals surface area contributed by atoms with Crippen LogP contribution in [-0.4, -0.2) is 52.5 Å². The van der Waals surface area contributed by atoms with Crippen LogP contribution in [0.25, 0.3) is 0 Å². The van der Waals surface area contributed by atoms with Crippen LogP contribution in [-0.2, 0) is 24.0 Å². The van der Waals surface area contributed by atoms with Crippen molar-refractivity contribution in [2.75, 3.05) is 6.54 Å². The Hall–Kier alpha value is -2.65. The number of nitrogens with two attached hydrogens (primary N) is 1. The van der Waals surface area contributed by atoms with Crippen LogP contribution < -0.4 is 16.4 Å².